The molecular formula is Co2O5Tb2. The van der Waals surface area contributed by atoms with Crippen molar-refractivity contribution in [1.29, 1.82) is 0 Å². The SMILES string of the molecule is [Co+2].[Co+2].[O-2].[O-2].[O-2].[O-2].[O-2].[Tb+3].[Tb+3]. The summed E-state index contributed by atoms with van der Waals surface area (Å²) in [5, 5.41) is 0. The van der Waals surface area contributed by atoms with Crippen LogP contribution in [-0.2, 0) is 60.9 Å². The van der Waals surface area contributed by atoms with E-state index in [9.17, 15) is 0 Å². The van der Waals surface area contributed by atoms with E-state index in [1.165, 1.54) is 0 Å². The van der Waals surface area contributed by atoms with Crippen molar-refractivity contribution in [2.24, 2.45) is 0 Å². The minimum Gasteiger partial charge on any atom is -2.00 e. The van der Waals surface area contributed by atoms with Gasteiger partial charge in [0.15, 0.2) is 0 Å². The molecule has 0 aromatic carbocycles. The molecule has 0 aromatic rings. The molecular weight excluding hydrogens is 516 g/mol. The summed E-state index contributed by atoms with van der Waals surface area (Å²) in [4.78, 5) is 0. The maximum Gasteiger partial charge on any atom is 3.00 e. The van der Waals surface area contributed by atoms with Crippen molar-refractivity contribution in [3.63, 3.8) is 0 Å². The molecule has 0 aromatic heterocycles. The van der Waals surface area contributed by atoms with Gasteiger partial charge < -0.3 is 27.4 Å². The Morgan fingerprint density at radius 3 is 0.333 bits per heavy atom. The summed E-state index contributed by atoms with van der Waals surface area (Å²) in [5.74, 6) is 0. The first-order chi connectivity index (χ1) is 0. The second kappa shape index (κ2) is 107. The molecule has 0 aliphatic rings. The summed E-state index contributed by atoms with van der Waals surface area (Å²) in [6, 6.07) is 0. The van der Waals surface area contributed by atoms with E-state index < -0.39 is 0 Å². The van der Waals surface area contributed by atoms with Crippen LogP contribution in [0.25, 0.3) is 0 Å². The Kier molecular flexibility index (Phi) is 1670. The molecule has 0 atom stereocenters. The van der Waals surface area contributed by atoms with Crippen LogP contribution in [0, 0.1) is 77.2 Å². The third-order valence-corrected chi connectivity index (χ3v) is 0. The van der Waals surface area contributed by atoms with E-state index in [1.54, 1.807) is 0 Å². The van der Waals surface area contributed by atoms with E-state index in [2.05, 4.69) is 0 Å². The number of rotatable bonds is 0. The Labute approximate surface area is 135 Å². The van der Waals surface area contributed by atoms with Gasteiger partial charge in [-0.25, -0.2) is 0 Å². The van der Waals surface area contributed by atoms with Gasteiger partial charge in [0.1, 0.15) is 0 Å². The Balaban J connectivity index is 0. The van der Waals surface area contributed by atoms with Crippen LogP contribution in [0.2, 0.25) is 0 Å². The van der Waals surface area contributed by atoms with Crippen molar-refractivity contribution in [1.82, 2.24) is 0 Å². The molecule has 2 radical (unpaired) electrons. The first kappa shape index (κ1) is 140. The zero-order valence-corrected chi connectivity index (χ0v) is 9.73. The van der Waals surface area contributed by atoms with Crippen LogP contribution in [0.15, 0.2) is 0 Å². The molecule has 0 heterocycles. The van der Waals surface area contributed by atoms with E-state index in [1.807, 2.05) is 0 Å². The summed E-state index contributed by atoms with van der Waals surface area (Å²) in [7, 11) is 0. The van der Waals surface area contributed by atoms with Crippen molar-refractivity contribution in [2.45, 2.75) is 0 Å². The molecule has 0 saturated carbocycles. The van der Waals surface area contributed by atoms with E-state index in [-0.39, 0.29) is 138 Å². The predicted octanol–water partition coefficient (Wildman–Crippen LogP) is -0.599. The fourth-order valence-electron chi connectivity index (χ4n) is 0. The molecule has 0 aliphatic carbocycles. The first-order valence-corrected chi connectivity index (χ1v) is 0. The molecule has 66 valence electrons. The van der Waals surface area contributed by atoms with Crippen molar-refractivity contribution >= 4 is 0 Å². The Morgan fingerprint density at radius 2 is 0.333 bits per heavy atom. The maximum atomic E-state index is 0. The average Bonchev–Trinajstić information content (AvgIpc) is 0. The Bertz CT molecular complexity index is 12.9. The van der Waals surface area contributed by atoms with Gasteiger partial charge in [0.05, 0.1) is 0 Å². The third kappa shape index (κ3) is 87.5. The van der Waals surface area contributed by atoms with Crippen LogP contribution in [0.1, 0.15) is 0 Å². The maximum absolute atomic E-state index is 0. The van der Waals surface area contributed by atoms with Crippen LogP contribution in [0.3, 0.4) is 0 Å². The molecule has 0 bridgehead atoms. The molecule has 0 aliphatic heterocycles. The largest absolute Gasteiger partial charge is 3.00 e. The van der Waals surface area contributed by atoms with Gasteiger partial charge >= 0.3 is 111 Å². The standard InChI is InChI=1S/2Co.5O.2Tb/q2*+2;5*-2;2*+3. The van der Waals surface area contributed by atoms with Gasteiger partial charge in [0, 0.05) is 0 Å². The zero-order valence-electron chi connectivity index (χ0n) is 3.37. The van der Waals surface area contributed by atoms with E-state index in [0.717, 1.165) is 0 Å². The molecule has 5 nitrogen and oxygen atoms in total. The van der Waals surface area contributed by atoms with Gasteiger partial charge in [0.25, 0.3) is 0 Å². The van der Waals surface area contributed by atoms with Crippen LogP contribution < -0.4 is 0 Å². The monoisotopic (exact) mass is 516 g/mol. The fourth-order valence-corrected chi connectivity index (χ4v) is 0. The first-order valence-electron chi connectivity index (χ1n) is 0. The van der Waals surface area contributed by atoms with Crippen molar-refractivity contribution in [3.05, 3.63) is 0 Å². The molecule has 0 spiro atoms. The Hall–Kier alpha value is 3.38. The number of hydrogen-bond acceptors (Lipinski definition) is 0. The molecule has 9 heavy (non-hydrogen) atoms. The summed E-state index contributed by atoms with van der Waals surface area (Å²) in [6.45, 7) is 0. The summed E-state index contributed by atoms with van der Waals surface area (Å²) < 4.78 is 0. The van der Waals surface area contributed by atoms with E-state index in [4.69, 9.17) is 0 Å². The van der Waals surface area contributed by atoms with Gasteiger partial charge in [-0.05, 0) is 0 Å². The van der Waals surface area contributed by atoms with Crippen molar-refractivity contribution < 1.29 is 138 Å². The van der Waals surface area contributed by atoms with Gasteiger partial charge in [-0.2, -0.15) is 0 Å². The normalized spacial score (nSPS) is 0. The van der Waals surface area contributed by atoms with Crippen LogP contribution in [-0.4, -0.2) is 0 Å². The smallest absolute Gasteiger partial charge is 2.00 e. The summed E-state index contributed by atoms with van der Waals surface area (Å²) in [6.07, 6.45) is 0. The van der Waals surface area contributed by atoms with Crippen LogP contribution in [0.4, 0.5) is 0 Å². The quantitative estimate of drug-likeness (QED) is 0.406. The number of hydrogen-bond donors (Lipinski definition) is 0. The van der Waals surface area contributed by atoms with Crippen molar-refractivity contribution in [2.75, 3.05) is 0 Å². The average molecular weight is 516 g/mol. The van der Waals surface area contributed by atoms with Gasteiger partial charge in [-0.1, -0.05) is 0 Å². The molecule has 0 saturated heterocycles. The zero-order chi connectivity index (χ0) is 0. The molecule has 0 fully saturated rings. The molecule has 0 amide bonds. The minimum absolute atomic E-state index is 0. The fraction of sp³-hybridized carbons (Fsp3) is 0. The summed E-state index contributed by atoms with van der Waals surface area (Å²) >= 11 is 0. The van der Waals surface area contributed by atoms with E-state index >= 15 is 0 Å². The molecule has 0 rings (SSSR count). The van der Waals surface area contributed by atoms with Crippen LogP contribution in [0.5, 0.6) is 0 Å². The Morgan fingerprint density at radius 1 is 0.333 bits per heavy atom. The molecule has 0 unspecified atom stereocenters. The second-order valence-corrected chi connectivity index (χ2v) is 0. The topological polar surface area (TPSA) is 142 Å². The molecule has 0 N–H and O–H groups in total. The summed E-state index contributed by atoms with van der Waals surface area (Å²) in [5.41, 5.74) is 0. The van der Waals surface area contributed by atoms with Gasteiger partial charge in [0.2, 0.25) is 0 Å². The van der Waals surface area contributed by atoms with Gasteiger partial charge in [-0.3, -0.25) is 0 Å². The molecule has 9 heteroatoms. The van der Waals surface area contributed by atoms with Crippen LogP contribution >= 0.6 is 0 Å². The predicted molar refractivity (Wildman–Crippen MR) is 3.43 cm³/mol. The third-order valence-electron chi connectivity index (χ3n) is 0. The second-order valence-electron chi connectivity index (χ2n) is 0. The van der Waals surface area contributed by atoms with E-state index in [0.29, 0.717) is 0 Å². The van der Waals surface area contributed by atoms with Gasteiger partial charge in [-0.15, -0.1) is 0 Å². The van der Waals surface area contributed by atoms with Crippen molar-refractivity contribution in [3.8, 4) is 0 Å². The minimum atomic E-state index is 0.